The van der Waals surface area contributed by atoms with Gasteiger partial charge in [-0.05, 0) is 49.5 Å². The van der Waals surface area contributed by atoms with E-state index < -0.39 is 15.6 Å². The van der Waals surface area contributed by atoms with E-state index in [2.05, 4.69) is 17.4 Å². The summed E-state index contributed by atoms with van der Waals surface area (Å²) < 4.78 is 29.0. The average Bonchev–Trinajstić information content (AvgIpc) is 2.99. The van der Waals surface area contributed by atoms with Gasteiger partial charge in [-0.15, -0.1) is 6.58 Å². The lowest BCUT2D eigenvalue weighted by Gasteiger charge is -2.33. The van der Waals surface area contributed by atoms with Crippen LogP contribution in [0, 0.1) is 6.92 Å². The molecule has 1 unspecified atom stereocenters. The first-order valence-corrected chi connectivity index (χ1v) is 9.93. The fraction of sp³-hybridized carbons (Fsp3) is 0.238. The van der Waals surface area contributed by atoms with Gasteiger partial charge in [-0.25, -0.2) is 13.1 Å². The van der Waals surface area contributed by atoms with Crippen LogP contribution in [0.5, 0.6) is 0 Å². The number of hydrogen-bond acceptors (Lipinski definition) is 2. The molecule has 0 aliphatic heterocycles. The summed E-state index contributed by atoms with van der Waals surface area (Å²) in [6.45, 7) is 5.79. The summed E-state index contributed by atoms with van der Waals surface area (Å²) in [6.07, 6.45) is 6.05. The number of nitrogens with one attached hydrogen (secondary N) is 1. The quantitative estimate of drug-likeness (QED) is 0.779. The third-order valence-corrected chi connectivity index (χ3v) is 6.23. The smallest absolute Gasteiger partial charge is 0.207 e. The summed E-state index contributed by atoms with van der Waals surface area (Å²) in [5, 5.41) is 0. The van der Waals surface area contributed by atoms with Crippen molar-refractivity contribution in [2.75, 3.05) is 0 Å². The standard InChI is InChI=1S/C21H23NO2S/c1-3-15-21(16-7-10-20(21)18-8-5-4-6-9-18)22-25(23,24)19-13-11-17(2)12-14-19/h3-6,8-14,22H,1,7,15-16H2,2H3. The van der Waals surface area contributed by atoms with Gasteiger partial charge in [-0.3, -0.25) is 0 Å². The minimum atomic E-state index is -3.62. The van der Waals surface area contributed by atoms with Crippen LogP contribution in [-0.4, -0.2) is 14.0 Å². The van der Waals surface area contributed by atoms with Crippen molar-refractivity contribution in [3.63, 3.8) is 0 Å². The van der Waals surface area contributed by atoms with Gasteiger partial charge in [0.05, 0.1) is 10.4 Å². The molecule has 3 nitrogen and oxygen atoms in total. The Balaban J connectivity index is 2.00. The average molecular weight is 353 g/mol. The maximum atomic E-state index is 13.0. The second-order valence-corrected chi connectivity index (χ2v) is 8.20. The van der Waals surface area contributed by atoms with Crippen LogP contribution in [-0.2, 0) is 10.0 Å². The van der Waals surface area contributed by atoms with Crippen LogP contribution >= 0.6 is 0 Å². The number of allylic oxidation sites excluding steroid dienone is 1. The molecule has 0 fully saturated rings. The van der Waals surface area contributed by atoms with E-state index in [1.165, 1.54) is 0 Å². The molecule has 130 valence electrons. The zero-order valence-corrected chi connectivity index (χ0v) is 15.2. The van der Waals surface area contributed by atoms with E-state index in [9.17, 15) is 8.42 Å². The second-order valence-electron chi connectivity index (χ2n) is 6.52. The SMILES string of the molecule is C=CCC1(NS(=O)(=O)c2ccc(C)cc2)CCC=C1c1ccccc1. The molecule has 1 N–H and O–H groups in total. The fourth-order valence-corrected chi connectivity index (χ4v) is 4.87. The Bertz CT molecular complexity index is 883. The van der Waals surface area contributed by atoms with Crippen LogP contribution in [0.4, 0.5) is 0 Å². The molecule has 1 atom stereocenters. The second kappa shape index (κ2) is 6.98. The van der Waals surface area contributed by atoms with Gasteiger partial charge in [-0.1, -0.05) is 60.2 Å². The molecule has 0 bridgehead atoms. The van der Waals surface area contributed by atoms with Gasteiger partial charge in [-0.2, -0.15) is 0 Å². The van der Waals surface area contributed by atoms with Gasteiger partial charge in [0.1, 0.15) is 0 Å². The van der Waals surface area contributed by atoms with Crippen molar-refractivity contribution in [3.05, 3.63) is 84.5 Å². The number of benzene rings is 2. The first kappa shape index (κ1) is 17.6. The Morgan fingerprint density at radius 2 is 1.80 bits per heavy atom. The number of sulfonamides is 1. The molecule has 0 heterocycles. The van der Waals surface area contributed by atoms with Crippen LogP contribution in [0.2, 0.25) is 0 Å². The molecule has 2 aromatic carbocycles. The Kier molecular flexibility index (Phi) is 4.93. The Hall–Kier alpha value is -2.17. The Labute approximate surface area is 150 Å². The number of aryl methyl sites for hydroxylation is 1. The predicted octanol–water partition coefficient (Wildman–Crippen LogP) is 4.47. The third kappa shape index (κ3) is 3.60. The third-order valence-electron chi connectivity index (χ3n) is 4.67. The monoisotopic (exact) mass is 353 g/mol. The lowest BCUT2D eigenvalue weighted by atomic mass is 9.85. The van der Waals surface area contributed by atoms with Crippen LogP contribution in [0.1, 0.15) is 30.4 Å². The highest BCUT2D eigenvalue weighted by molar-refractivity contribution is 7.89. The van der Waals surface area contributed by atoms with Crippen molar-refractivity contribution in [1.82, 2.24) is 4.72 Å². The highest BCUT2D eigenvalue weighted by Crippen LogP contribution is 2.41. The van der Waals surface area contributed by atoms with E-state index >= 15 is 0 Å². The minimum absolute atomic E-state index is 0.292. The zero-order valence-electron chi connectivity index (χ0n) is 14.4. The maximum Gasteiger partial charge on any atom is 0.241 e. The molecule has 1 aliphatic rings. The van der Waals surface area contributed by atoms with E-state index in [0.29, 0.717) is 11.3 Å². The van der Waals surface area contributed by atoms with Crippen molar-refractivity contribution in [2.45, 2.75) is 36.6 Å². The van der Waals surface area contributed by atoms with E-state index in [1.54, 1.807) is 18.2 Å². The summed E-state index contributed by atoms with van der Waals surface area (Å²) in [5.41, 5.74) is 2.47. The molecule has 1 aliphatic carbocycles. The first-order valence-electron chi connectivity index (χ1n) is 8.44. The minimum Gasteiger partial charge on any atom is -0.207 e. The zero-order chi connectivity index (χ0) is 17.9. The van der Waals surface area contributed by atoms with Crippen molar-refractivity contribution in [3.8, 4) is 0 Å². The number of rotatable bonds is 6. The molecular formula is C21H23NO2S. The molecule has 0 spiro atoms. The van der Waals surface area contributed by atoms with Crippen molar-refractivity contribution in [2.24, 2.45) is 0 Å². The predicted molar refractivity (Wildman–Crippen MR) is 103 cm³/mol. The van der Waals surface area contributed by atoms with E-state index in [-0.39, 0.29) is 0 Å². The van der Waals surface area contributed by atoms with Crippen molar-refractivity contribution < 1.29 is 8.42 Å². The summed E-state index contributed by atoms with van der Waals surface area (Å²) in [7, 11) is -3.62. The lowest BCUT2D eigenvalue weighted by Crippen LogP contribution is -2.47. The van der Waals surface area contributed by atoms with E-state index in [0.717, 1.165) is 29.5 Å². The summed E-state index contributed by atoms with van der Waals surface area (Å²) in [5.74, 6) is 0. The highest BCUT2D eigenvalue weighted by atomic mass is 32.2. The van der Waals surface area contributed by atoms with Gasteiger partial charge < -0.3 is 0 Å². The van der Waals surface area contributed by atoms with E-state index in [4.69, 9.17) is 0 Å². The molecule has 25 heavy (non-hydrogen) atoms. The fourth-order valence-electron chi connectivity index (χ4n) is 3.44. The van der Waals surface area contributed by atoms with Crippen LogP contribution < -0.4 is 4.72 Å². The Morgan fingerprint density at radius 3 is 2.44 bits per heavy atom. The molecule has 2 aromatic rings. The molecular weight excluding hydrogens is 330 g/mol. The van der Waals surface area contributed by atoms with Gasteiger partial charge in [0.25, 0.3) is 0 Å². The van der Waals surface area contributed by atoms with Gasteiger partial charge in [0.2, 0.25) is 10.0 Å². The van der Waals surface area contributed by atoms with Gasteiger partial charge >= 0.3 is 0 Å². The van der Waals surface area contributed by atoms with Crippen LogP contribution in [0.25, 0.3) is 5.57 Å². The molecule has 0 radical (unpaired) electrons. The summed E-state index contributed by atoms with van der Waals surface area (Å²) in [4.78, 5) is 0.292. The molecule has 0 saturated carbocycles. The molecule has 4 heteroatoms. The lowest BCUT2D eigenvalue weighted by molar-refractivity contribution is 0.470. The molecule has 0 saturated heterocycles. The van der Waals surface area contributed by atoms with E-state index in [1.807, 2.05) is 49.4 Å². The summed E-state index contributed by atoms with van der Waals surface area (Å²) in [6, 6.07) is 16.9. The van der Waals surface area contributed by atoms with Gasteiger partial charge in [0.15, 0.2) is 0 Å². The van der Waals surface area contributed by atoms with Crippen molar-refractivity contribution >= 4 is 15.6 Å². The van der Waals surface area contributed by atoms with Crippen LogP contribution in [0.3, 0.4) is 0 Å². The van der Waals surface area contributed by atoms with Gasteiger partial charge in [0, 0.05) is 0 Å². The Morgan fingerprint density at radius 1 is 1.12 bits per heavy atom. The molecule has 3 rings (SSSR count). The largest absolute Gasteiger partial charge is 0.241 e. The number of hydrogen-bond donors (Lipinski definition) is 1. The molecule has 0 amide bonds. The first-order chi connectivity index (χ1) is 12.0. The van der Waals surface area contributed by atoms with Crippen molar-refractivity contribution in [1.29, 1.82) is 0 Å². The summed E-state index contributed by atoms with van der Waals surface area (Å²) >= 11 is 0. The maximum absolute atomic E-state index is 13.0. The normalized spacial score (nSPS) is 20.3. The van der Waals surface area contributed by atoms with Crippen LogP contribution in [0.15, 0.2) is 78.2 Å². The topological polar surface area (TPSA) is 46.2 Å². The highest BCUT2D eigenvalue weighted by Gasteiger charge is 2.40. The molecule has 0 aromatic heterocycles.